The quantitative estimate of drug-likeness (QED) is 0.435. The minimum atomic E-state index is -0.729. The van der Waals surface area contributed by atoms with Crippen LogP contribution in [-0.4, -0.2) is 23.8 Å². The Kier molecular flexibility index (Phi) is 7.21. The number of aryl methyl sites for hydroxylation is 1. The van der Waals surface area contributed by atoms with Gasteiger partial charge in [0.15, 0.2) is 6.10 Å². The number of thiophene rings is 1. The van der Waals surface area contributed by atoms with Crippen molar-refractivity contribution in [3.63, 3.8) is 0 Å². The van der Waals surface area contributed by atoms with Gasteiger partial charge in [0, 0.05) is 16.1 Å². The molecule has 0 radical (unpaired) electrons. The molecule has 0 unspecified atom stereocenters. The molecule has 2 aromatic carbocycles. The highest BCUT2D eigenvalue weighted by atomic mass is 32.1. The van der Waals surface area contributed by atoms with Gasteiger partial charge in [0.05, 0.1) is 5.56 Å². The molecule has 4 N–H and O–H groups in total. The lowest BCUT2D eigenvalue weighted by Gasteiger charge is -2.18. The summed E-state index contributed by atoms with van der Waals surface area (Å²) in [5, 5.41) is 6.23. The predicted octanol–water partition coefficient (Wildman–Crippen LogP) is 4.94. The summed E-state index contributed by atoms with van der Waals surface area (Å²) in [6.07, 6.45) is 1.95. The van der Waals surface area contributed by atoms with Crippen molar-refractivity contribution in [1.82, 2.24) is 0 Å². The third-order valence-corrected chi connectivity index (χ3v) is 7.36. The minimum absolute atomic E-state index is 0.268. The zero-order valence-corrected chi connectivity index (χ0v) is 20.8. The summed E-state index contributed by atoms with van der Waals surface area (Å²) in [7, 11) is 0. The van der Waals surface area contributed by atoms with Crippen LogP contribution in [0.25, 0.3) is 0 Å². The van der Waals surface area contributed by atoms with Crippen molar-refractivity contribution >= 4 is 39.7 Å². The summed E-state index contributed by atoms with van der Waals surface area (Å²) in [6, 6.07) is 14.0. The monoisotopic (exact) mass is 491 g/mol. The first-order valence-corrected chi connectivity index (χ1v) is 12.4. The first-order chi connectivity index (χ1) is 16.7. The average Bonchev–Trinajstić information content (AvgIpc) is 3.17. The highest BCUT2D eigenvalue weighted by Gasteiger charge is 2.27. The van der Waals surface area contributed by atoms with E-state index in [0.717, 1.165) is 41.0 Å². The lowest BCUT2D eigenvalue weighted by atomic mass is 9.88. The van der Waals surface area contributed by atoms with Crippen molar-refractivity contribution in [3.05, 3.63) is 75.7 Å². The molecule has 0 bridgehead atoms. The Morgan fingerprint density at radius 3 is 2.49 bits per heavy atom. The summed E-state index contributed by atoms with van der Waals surface area (Å²) in [4.78, 5) is 38.6. The van der Waals surface area contributed by atoms with E-state index in [2.05, 4.69) is 17.6 Å². The van der Waals surface area contributed by atoms with Crippen LogP contribution in [0.3, 0.4) is 0 Å². The van der Waals surface area contributed by atoms with Gasteiger partial charge in [0.1, 0.15) is 10.8 Å². The third-order valence-electron chi connectivity index (χ3n) is 6.19. The number of benzene rings is 2. The van der Waals surface area contributed by atoms with Gasteiger partial charge in [-0.3, -0.25) is 14.4 Å². The second-order valence-electron chi connectivity index (χ2n) is 8.96. The normalized spacial score (nSPS) is 15.6. The number of hydrogen-bond donors (Lipinski definition) is 3. The molecule has 2 atom stereocenters. The van der Waals surface area contributed by atoms with E-state index in [1.165, 1.54) is 11.3 Å². The number of fused-ring (bicyclic) bond motifs is 1. The maximum Gasteiger partial charge on any atom is 0.265 e. The van der Waals surface area contributed by atoms with E-state index >= 15 is 0 Å². The van der Waals surface area contributed by atoms with Crippen molar-refractivity contribution in [2.45, 2.75) is 46.1 Å². The zero-order valence-electron chi connectivity index (χ0n) is 20.0. The lowest BCUT2D eigenvalue weighted by Crippen LogP contribution is -2.30. The van der Waals surface area contributed by atoms with E-state index in [9.17, 15) is 14.4 Å². The number of para-hydroxylation sites is 1. The maximum atomic E-state index is 12.9. The van der Waals surface area contributed by atoms with Gasteiger partial charge >= 0.3 is 0 Å². The van der Waals surface area contributed by atoms with Crippen LogP contribution in [0.2, 0.25) is 0 Å². The third kappa shape index (κ3) is 5.54. The molecule has 3 aromatic rings. The van der Waals surface area contributed by atoms with Crippen LogP contribution < -0.4 is 21.1 Å². The Hall–Kier alpha value is -3.65. The van der Waals surface area contributed by atoms with Crippen molar-refractivity contribution in [2.75, 3.05) is 10.6 Å². The molecule has 0 fully saturated rings. The SMILES string of the molecule is Cc1ccccc1NC(=O)[C@H](C)Oc1ccc(C(=O)Nc2sc3c(c2C(N)=O)CC[C@H](C)C3)cc1. The highest BCUT2D eigenvalue weighted by Crippen LogP contribution is 2.39. The van der Waals surface area contributed by atoms with Gasteiger partial charge in [-0.1, -0.05) is 25.1 Å². The molecule has 0 saturated carbocycles. The maximum absolute atomic E-state index is 12.9. The number of primary amides is 1. The second-order valence-corrected chi connectivity index (χ2v) is 10.1. The topological polar surface area (TPSA) is 111 Å². The number of amides is 3. The molecule has 1 aliphatic rings. The summed E-state index contributed by atoms with van der Waals surface area (Å²) >= 11 is 1.43. The van der Waals surface area contributed by atoms with Gasteiger partial charge < -0.3 is 21.1 Å². The zero-order chi connectivity index (χ0) is 25.1. The molecular weight excluding hydrogens is 462 g/mol. The molecule has 35 heavy (non-hydrogen) atoms. The van der Waals surface area contributed by atoms with Crippen molar-refractivity contribution in [3.8, 4) is 5.75 Å². The van der Waals surface area contributed by atoms with Gasteiger partial charge in [-0.05, 0) is 80.5 Å². The van der Waals surface area contributed by atoms with Crippen LogP contribution in [0.1, 0.15) is 57.0 Å². The first kappa shape index (κ1) is 24.5. The Labute approximate surface area is 208 Å². The number of rotatable bonds is 7. The standard InChI is InChI=1S/C27H29N3O4S/c1-15-8-13-20-22(14-15)35-27(23(20)24(28)31)30-26(33)18-9-11-19(12-10-18)34-17(3)25(32)29-21-7-5-4-6-16(21)2/h4-7,9-12,15,17H,8,13-14H2,1-3H3,(H2,28,31)(H,29,32)(H,30,33)/t15-,17-/m0/s1. The molecule has 7 nitrogen and oxygen atoms in total. The number of hydrogen-bond acceptors (Lipinski definition) is 5. The fourth-order valence-corrected chi connectivity index (χ4v) is 5.58. The van der Waals surface area contributed by atoms with E-state index in [4.69, 9.17) is 10.5 Å². The van der Waals surface area contributed by atoms with E-state index in [1.807, 2.05) is 31.2 Å². The van der Waals surface area contributed by atoms with Crippen LogP contribution in [0.5, 0.6) is 5.75 Å². The molecule has 0 spiro atoms. The number of carbonyl (C=O) groups is 3. The number of nitrogens with two attached hydrogens (primary N) is 1. The Bertz CT molecular complexity index is 1270. The molecular formula is C27H29N3O4S. The van der Waals surface area contributed by atoms with Crippen LogP contribution in [0.4, 0.5) is 10.7 Å². The summed E-state index contributed by atoms with van der Waals surface area (Å²) < 4.78 is 5.75. The number of anilines is 2. The fraction of sp³-hybridized carbons (Fsp3) is 0.296. The van der Waals surface area contributed by atoms with Crippen LogP contribution in [0.15, 0.2) is 48.5 Å². The van der Waals surface area contributed by atoms with Crippen LogP contribution >= 0.6 is 11.3 Å². The van der Waals surface area contributed by atoms with Crippen LogP contribution in [0, 0.1) is 12.8 Å². The molecule has 1 aromatic heterocycles. The number of carbonyl (C=O) groups excluding carboxylic acids is 3. The van der Waals surface area contributed by atoms with Crippen molar-refractivity contribution < 1.29 is 19.1 Å². The smallest absolute Gasteiger partial charge is 0.265 e. The van der Waals surface area contributed by atoms with Gasteiger partial charge in [0.2, 0.25) is 0 Å². The highest BCUT2D eigenvalue weighted by molar-refractivity contribution is 7.17. The van der Waals surface area contributed by atoms with Crippen molar-refractivity contribution in [1.29, 1.82) is 0 Å². The Balaban J connectivity index is 1.41. The predicted molar refractivity (Wildman–Crippen MR) is 138 cm³/mol. The molecule has 0 aliphatic heterocycles. The van der Waals surface area contributed by atoms with E-state index < -0.39 is 12.0 Å². The number of nitrogens with one attached hydrogen (secondary N) is 2. The van der Waals surface area contributed by atoms with Gasteiger partial charge in [-0.15, -0.1) is 11.3 Å². The lowest BCUT2D eigenvalue weighted by molar-refractivity contribution is -0.122. The molecule has 1 aliphatic carbocycles. The summed E-state index contributed by atoms with van der Waals surface area (Å²) in [5.74, 6) is -0.118. The summed E-state index contributed by atoms with van der Waals surface area (Å²) in [6.45, 7) is 5.77. The molecule has 1 heterocycles. The molecule has 182 valence electrons. The number of ether oxygens (including phenoxy) is 1. The van der Waals surface area contributed by atoms with E-state index in [0.29, 0.717) is 27.8 Å². The molecule has 4 rings (SSSR count). The molecule has 8 heteroatoms. The van der Waals surface area contributed by atoms with Crippen LogP contribution in [-0.2, 0) is 17.6 Å². The van der Waals surface area contributed by atoms with Crippen molar-refractivity contribution in [2.24, 2.45) is 11.7 Å². The van der Waals surface area contributed by atoms with E-state index in [-0.39, 0.29) is 11.8 Å². The fourth-order valence-electron chi connectivity index (χ4n) is 4.16. The molecule has 3 amide bonds. The first-order valence-electron chi connectivity index (χ1n) is 11.6. The largest absolute Gasteiger partial charge is 0.481 e. The second kappa shape index (κ2) is 10.3. The van der Waals surface area contributed by atoms with Gasteiger partial charge in [-0.2, -0.15) is 0 Å². The Morgan fingerprint density at radius 2 is 1.80 bits per heavy atom. The Morgan fingerprint density at radius 1 is 1.09 bits per heavy atom. The average molecular weight is 492 g/mol. The summed E-state index contributed by atoms with van der Waals surface area (Å²) in [5.41, 5.74) is 9.15. The molecule has 0 saturated heterocycles. The van der Waals surface area contributed by atoms with Gasteiger partial charge in [0.25, 0.3) is 17.7 Å². The van der Waals surface area contributed by atoms with E-state index in [1.54, 1.807) is 31.2 Å². The van der Waals surface area contributed by atoms with Gasteiger partial charge in [-0.25, -0.2) is 0 Å². The minimum Gasteiger partial charge on any atom is -0.481 e.